The van der Waals surface area contributed by atoms with Crippen LogP contribution in [0.5, 0.6) is 0 Å². The molecule has 0 N–H and O–H groups in total. The van der Waals surface area contributed by atoms with Gasteiger partial charge in [-0.05, 0) is 39.2 Å². The van der Waals surface area contributed by atoms with E-state index in [9.17, 15) is 14.4 Å². The SMILES string of the molecule is CN(C)C(=O)CN1C(=O)C2(CCN(C(=O)OC(C)(C)C)CC2)C1c1ccccc1. The first kappa shape index (κ1) is 21.1. The average molecular weight is 402 g/mol. The first-order chi connectivity index (χ1) is 13.5. The Labute approximate surface area is 172 Å². The van der Waals surface area contributed by atoms with E-state index in [1.807, 2.05) is 51.1 Å². The van der Waals surface area contributed by atoms with Crippen LogP contribution in [0, 0.1) is 5.41 Å². The van der Waals surface area contributed by atoms with Gasteiger partial charge in [0.05, 0.1) is 11.5 Å². The number of likely N-dealkylation sites (tertiary alicyclic amines) is 2. The lowest BCUT2D eigenvalue weighted by atomic mass is 9.62. The Kier molecular flexibility index (Phi) is 5.61. The van der Waals surface area contributed by atoms with Crippen molar-refractivity contribution >= 4 is 17.9 Å². The molecule has 1 aromatic carbocycles. The van der Waals surface area contributed by atoms with Gasteiger partial charge in [-0.2, -0.15) is 0 Å². The van der Waals surface area contributed by atoms with Crippen molar-refractivity contribution in [2.75, 3.05) is 33.7 Å². The molecule has 1 unspecified atom stereocenters. The van der Waals surface area contributed by atoms with Crippen molar-refractivity contribution in [3.8, 4) is 0 Å². The van der Waals surface area contributed by atoms with Crippen molar-refractivity contribution in [2.24, 2.45) is 5.41 Å². The number of β-lactam (4-membered cyclic amide) rings is 1. The number of carbonyl (C=O) groups excluding carboxylic acids is 3. The number of amides is 3. The number of nitrogens with zero attached hydrogens (tertiary/aromatic N) is 3. The normalized spacial score (nSPS) is 21.0. The van der Waals surface area contributed by atoms with Crippen LogP contribution in [-0.2, 0) is 14.3 Å². The van der Waals surface area contributed by atoms with Gasteiger partial charge < -0.3 is 19.4 Å². The van der Waals surface area contributed by atoms with Crippen LogP contribution in [0.3, 0.4) is 0 Å². The zero-order valence-corrected chi connectivity index (χ0v) is 18.0. The summed E-state index contributed by atoms with van der Waals surface area (Å²) in [5.74, 6) is -0.0919. The average Bonchev–Trinajstić information content (AvgIpc) is 2.66. The second-order valence-electron chi connectivity index (χ2n) is 9.16. The lowest BCUT2D eigenvalue weighted by Crippen LogP contribution is -2.67. The van der Waals surface area contributed by atoms with E-state index in [2.05, 4.69) is 0 Å². The second-order valence-corrected chi connectivity index (χ2v) is 9.16. The summed E-state index contributed by atoms with van der Waals surface area (Å²) in [6.45, 7) is 6.55. The van der Waals surface area contributed by atoms with E-state index in [0.29, 0.717) is 25.9 Å². The fourth-order valence-electron chi connectivity index (χ4n) is 4.24. The summed E-state index contributed by atoms with van der Waals surface area (Å²) in [6.07, 6.45) is 0.796. The minimum atomic E-state index is -0.563. The van der Waals surface area contributed by atoms with Gasteiger partial charge in [0.15, 0.2) is 0 Å². The third-order valence-electron chi connectivity index (χ3n) is 5.75. The van der Waals surface area contributed by atoms with Crippen molar-refractivity contribution in [3.05, 3.63) is 35.9 Å². The monoisotopic (exact) mass is 401 g/mol. The molecule has 2 heterocycles. The van der Waals surface area contributed by atoms with Crippen molar-refractivity contribution in [1.82, 2.24) is 14.7 Å². The van der Waals surface area contributed by atoms with Gasteiger partial charge in [0.1, 0.15) is 12.1 Å². The quantitative estimate of drug-likeness (QED) is 0.730. The number of rotatable bonds is 3. The summed E-state index contributed by atoms with van der Waals surface area (Å²) in [4.78, 5) is 42.8. The summed E-state index contributed by atoms with van der Waals surface area (Å²) in [7, 11) is 3.39. The summed E-state index contributed by atoms with van der Waals surface area (Å²) in [5, 5.41) is 0. The van der Waals surface area contributed by atoms with Gasteiger partial charge in [-0.25, -0.2) is 4.79 Å². The molecule has 29 heavy (non-hydrogen) atoms. The number of hydrogen-bond donors (Lipinski definition) is 0. The predicted molar refractivity (Wildman–Crippen MR) is 109 cm³/mol. The number of hydrogen-bond acceptors (Lipinski definition) is 4. The molecule has 0 saturated carbocycles. The molecule has 0 aromatic heterocycles. The van der Waals surface area contributed by atoms with E-state index in [0.717, 1.165) is 5.56 Å². The number of benzene rings is 1. The lowest BCUT2D eigenvalue weighted by molar-refractivity contribution is -0.182. The molecule has 0 bridgehead atoms. The van der Waals surface area contributed by atoms with Gasteiger partial charge in [0.25, 0.3) is 0 Å². The molecule has 2 aliphatic heterocycles. The molecular weight excluding hydrogens is 370 g/mol. The molecular formula is C22H31N3O4. The van der Waals surface area contributed by atoms with E-state index < -0.39 is 11.0 Å². The van der Waals surface area contributed by atoms with Crippen molar-refractivity contribution in [3.63, 3.8) is 0 Å². The summed E-state index contributed by atoms with van der Waals surface area (Å²) < 4.78 is 5.48. The Morgan fingerprint density at radius 1 is 1.14 bits per heavy atom. The van der Waals surface area contributed by atoms with E-state index in [1.54, 1.807) is 23.9 Å². The minimum absolute atomic E-state index is 0.00499. The molecule has 7 heteroatoms. The van der Waals surface area contributed by atoms with Crippen LogP contribution >= 0.6 is 0 Å². The van der Waals surface area contributed by atoms with Crippen LogP contribution in [-0.4, -0.2) is 71.9 Å². The Bertz CT molecular complexity index is 777. The maximum Gasteiger partial charge on any atom is 0.410 e. The topological polar surface area (TPSA) is 70.2 Å². The minimum Gasteiger partial charge on any atom is -0.444 e. The maximum atomic E-state index is 13.2. The molecule has 3 amide bonds. The highest BCUT2D eigenvalue weighted by Crippen LogP contribution is 2.55. The van der Waals surface area contributed by atoms with Crippen LogP contribution < -0.4 is 0 Å². The van der Waals surface area contributed by atoms with Gasteiger partial charge in [0, 0.05) is 27.2 Å². The summed E-state index contributed by atoms with van der Waals surface area (Å²) in [5.41, 5.74) is -0.0784. The first-order valence-corrected chi connectivity index (χ1v) is 10.1. The van der Waals surface area contributed by atoms with Crippen LogP contribution in [0.4, 0.5) is 4.79 Å². The standard InChI is InChI=1S/C22H31N3O4/c1-21(2,3)29-20(28)24-13-11-22(12-14-24)18(16-9-7-6-8-10-16)25(19(22)27)15-17(26)23(4)5/h6-10,18H,11-15H2,1-5H3. The first-order valence-electron chi connectivity index (χ1n) is 10.1. The molecule has 2 fully saturated rings. The molecule has 2 saturated heterocycles. The Balaban J connectivity index is 1.78. The van der Waals surface area contributed by atoms with E-state index in [4.69, 9.17) is 4.74 Å². The van der Waals surface area contributed by atoms with Crippen molar-refractivity contribution < 1.29 is 19.1 Å². The Morgan fingerprint density at radius 3 is 2.24 bits per heavy atom. The number of likely N-dealkylation sites (N-methyl/N-ethyl adjacent to an activating group) is 1. The van der Waals surface area contributed by atoms with Crippen molar-refractivity contribution in [2.45, 2.75) is 45.3 Å². The predicted octanol–water partition coefficient (Wildman–Crippen LogP) is 2.68. The van der Waals surface area contributed by atoms with E-state index in [1.165, 1.54) is 4.90 Å². The molecule has 158 valence electrons. The second kappa shape index (κ2) is 7.69. The summed E-state index contributed by atoms with van der Waals surface area (Å²) >= 11 is 0. The van der Waals surface area contributed by atoms with Gasteiger partial charge in [0.2, 0.25) is 11.8 Å². The zero-order valence-electron chi connectivity index (χ0n) is 18.0. The maximum absolute atomic E-state index is 13.2. The molecule has 2 aliphatic rings. The molecule has 1 atom stereocenters. The third kappa shape index (κ3) is 4.09. The summed E-state index contributed by atoms with van der Waals surface area (Å²) in [6, 6.07) is 9.71. The molecule has 3 rings (SSSR count). The smallest absolute Gasteiger partial charge is 0.410 e. The third-order valence-corrected chi connectivity index (χ3v) is 5.75. The van der Waals surface area contributed by atoms with Crippen LogP contribution in [0.15, 0.2) is 30.3 Å². The lowest BCUT2D eigenvalue weighted by Gasteiger charge is -2.58. The molecule has 0 radical (unpaired) electrons. The zero-order chi connectivity index (χ0) is 21.4. The molecule has 7 nitrogen and oxygen atoms in total. The van der Waals surface area contributed by atoms with Gasteiger partial charge in [-0.15, -0.1) is 0 Å². The highest BCUT2D eigenvalue weighted by Gasteiger charge is 2.62. The fraction of sp³-hybridized carbons (Fsp3) is 0.591. The van der Waals surface area contributed by atoms with E-state index >= 15 is 0 Å². The molecule has 1 spiro atoms. The number of carbonyl (C=O) groups is 3. The van der Waals surface area contributed by atoms with Crippen molar-refractivity contribution in [1.29, 1.82) is 0 Å². The highest BCUT2D eigenvalue weighted by molar-refractivity contribution is 5.94. The van der Waals surface area contributed by atoms with Gasteiger partial charge in [-0.1, -0.05) is 30.3 Å². The molecule has 1 aromatic rings. The van der Waals surface area contributed by atoms with Crippen LogP contribution in [0.25, 0.3) is 0 Å². The highest BCUT2D eigenvalue weighted by atomic mass is 16.6. The van der Waals surface area contributed by atoms with Gasteiger partial charge >= 0.3 is 6.09 Å². The van der Waals surface area contributed by atoms with E-state index in [-0.39, 0.29) is 30.5 Å². The van der Waals surface area contributed by atoms with Crippen LogP contribution in [0.1, 0.15) is 45.2 Å². The molecule has 0 aliphatic carbocycles. The van der Waals surface area contributed by atoms with Crippen LogP contribution in [0.2, 0.25) is 0 Å². The number of ether oxygens (including phenoxy) is 1. The Morgan fingerprint density at radius 2 is 1.72 bits per heavy atom. The fourth-order valence-corrected chi connectivity index (χ4v) is 4.24. The largest absolute Gasteiger partial charge is 0.444 e. The number of piperidine rings is 1. The van der Waals surface area contributed by atoms with Gasteiger partial charge in [-0.3, -0.25) is 9.59 Å². The Hall–Kier alpha value is -2.57.